The van der Waals surface area contributed by atoms with Crippen molar-refractivity contribution < 1.29 is 19.8 Å². The predicted molar refractivity (Wildman–Crippen MR) is 38.3 cm³/mol. The van der Waals surface area contributed by atoms with E-state index in [4.69, 9.17) is 5.26 Å². The van der Waals surface area contributed by atoms with Gasteiger partial charge in [-0.2, -0.15) is 0 Å². The summed E-state index contributed by atoms with van der Waals surface area (Å²) in [5.74, 6) is 0. The Morgan fingerprint density at radius 1 is 1.30 bits per heavy atom. The van der Waals surface area contributed by atoms with Gasteiger partial charge in [0.05, 0.1) is 0 Å². The molecule has 10 heavy (non-hydrogen) atoms. The minimum absolute atomic E-state index is 0.118. The molecular formula is C7H5INS-. The summed E-state index contributed by atoms with van der Waals surface area (Å²) in [4.78, 5) is 0. The Morgan fingerprint density at radius 3 is 2.60 bits per heavy atom. The van der Waals surface area contributed by atoms with Crippen LogP contribution in [0.3, 0.4) is 0 Å². The second-order valence-electron chi connectivity index (χ2n) is 1.54. The van der Waals surface area contributed by atoms with E-state index in [2.05, 4.69) is 17.5 Å². The number of thiocyanates is 1. The Hall–Kier alpha value is -0.210. The van der Waals surface area contributed by atoms with E-state index in [1.165, 1.54) is 12.5 Å². The number of halogens is 1. The van der Waals surface area contributed by atoms with E-state index in [-0.39, 0.29) is 19.8 Å². The zero-order valence-corrected chi connectivity index (χ0v) is 8.09. The van der Waals surface area contributed by atoms with Gasteiger partial charge >= 0.3 is 73.3 Å². The summed E-state index contributed by atoms with van der Waals surface area (Å²) in [6.45, 7) is 0. The number of benzene rings is 1. The molecule has 52 valence electrons. The monoisotopic (exact) mass is 262 g/mol. The number of nitrogens with zero attached hydrogens (tertiary/aromatic N) is 1. The van der Waals surface area contributed by atoms with Crippen LogP contribution in [0.1, 0.15) is 0 Å². The zero-order chi connectivity index (χ0) is 7.23. The summed E-state index contributed by atoms with van der Waals surface area (Å²) in [7, 11) is 1.38. The van der Waals surface area contributed by atoms with Crippen LogP contribution in [-0.2, 0) is 0 Å². The van der Waals surface area contributed by atoms with Crippen molar-refractivity contribution in [1.82, 2.24) is 0 Å². The van der Waals surface area contributed by atoms with Crippen molar-refractivity contribution in [3.8, 4) is 5.40 Å². The van der Waals surface area contributed by atoms with Crippen molar-refractivity contribution in [3.05, 3.63) is 33.9 Å². The van der Waals surface area contributed by atoms with Crippen LogP contribution in [0.15, 0.2) is 30.3 Å². The zero-order valence-electron chi connectivity index (χ0n) is 5.12. The molecule has 0 aliphatic heterocycles. The van der Waals surface area contributed by atoms with Gasteiger partial charge in [0.2, 0.25) is 0 Å². The molecule has 0 saturated carbocycles. The molecule has 0 radical (unpaired) electrons. The third-order valence-electron chi connectivity index (χ3n) is 0.895. The van der Waals surface area contributed by atoms with E-state index in [1.54, 1.807) is 0 Å². The Balaban J connectivity index is 2.52. The quantitative estimate of drug-likeness (QED) is 0.508. The number of hydrogen-bond acceptors (Lipinski definition) is 2. The molecule has 0 aliphatic rings. The summed E-state index contributed by atoms with van der Waals surface area (Å²) in [5.41, 5.74) is 0. The molecule has 0 bridgehead atoms. The molecule has 1 aromatic carbocycles. The average Bonchev–Trinajstić information content (AvgIpc) is 2.03. The molecule has 0 unspecified atom stereocenters. The Labute approximate surface area is 73.1 Å². The van der Waals surface area contributed by atoms with Gasteiger partial charge in [-0.15, -0.1) is 0 Å². The molecule has 0 N–H and O–H groups in total. The molecule has 0 spiro atoms. The SMILES string of the molecule is N#CS[I-]c1ccccc1. The molecule has 0 amide bonds. The van der Waals surface area contributed by atoms with Crippen LogP contribution in [0, 0.1) is 14.2 Å². The average molecular weight is 262 g/mol. The summed E-state index contributed by atoms with van der Waals surface area (Å²) in [6.07, 6.45) is 0. The van der Waals surface area contributed by atoms with Crippen LogP contribution in [0.25, 0.3) is 0 Å². The first-order valence-electron chi connectivity index (χ1n) is 2.68. The maximum absolute atomic E-state index is 8.27. The molecule has 0 atom stereocenters. The van der Waals surface area contributed by atoms with Gasteiger partial charge in [0.1, 0.15) is 0 Å². The van der Waals surface area contributed by atoms with Gasteiger partial charge in [-0.3, -0.25) is 0 Å². The van der Waals surface area contributed by atoms with Crippen molar-refractivity contribution in [3.63, 3.8) is 0 Å². The Bertz CT molecular complexity index is 229. The molecular weight excluding hydrogens is 257 g/mol. The first-order valence-corrected chi connectivity index (χ1v) is 7.12. The van der Waals surface area contributed by atoms with Crippen molar-refractivity contribution in [2.75, 3.05) is 0 Å². The summed E-state index contributed by atoms with van der Waals surface area (Å²) in [6, 6.07) is 10.1. The third-order valence-corrected chi connectivity index (χ3v) is 4.72. The molecule has 0 heterocycles. The van der Waals surface area contributed by atoms with Crippen molar-refractivity contribution in [2.45, 2.75) is 0 Å². The van der Waals surface area contributed by atoms with Crippen LogP contribution in [0.5, 0.6) is 0 Å². The van der Waals surface area contributed by atoms with Crippen molar-refractivity contribution >= 4 is 8.93 Å². The van der Waals surface area contributed by atoms with E-state index in [9.17, 15) is 0 Å². The fraction of sp³-hybridized carbons (Fsp3) is 0. The minimum atomic E-state index is -0.118. The van der Waals surface area contributed by atoms with Gasteiger partial charge in [0.15, 0.2) is 0 Å². The first-order chi connectivity index (χ1) is 4.93. The summed E-state index contributed by atoms with van der Waals surface area (Å²) in [5, 5.41) is 10.3. The summed E-state index contributed by atoms with van der Waals surface area (Å²) >= 11 is -0.118. The molecule has 0 saturated heterocycles. The van der Waals surface area contributed by atoms with Gasteiger partial charge in [0.25, 0.3) is 0 Å². The molecule has 1 nitrogen and oxygen atoms in total. The molecule has 0 fully saturated rings. The Morgan fingerprint density at radius 2 is 2.00 bits per heavy atom. The fourth-order valence-electron chi connectivity index (χ4n) is 0.528. The van der Waals surface area contributed by atoms with Crippen LogP contribution in [-0.4, -0.2) is 0 Å². The standard InChI is InChI=1S/C7H5INS/c9-6-10-8-7-4-2-1-3-5-7/h1-5H/q-1. The number of rotatable bonds is 2. The topological polar surface area (TPSA) is 23.8 Å². The van der Waals surface area contributed by atoms with Crippen LogP contribution in [0.2, 0.25) is 0 Å². The Kier molecular flexibility index (Phi) is 3.62. The molecule has 1 rings (SSSR count). The van der Waals surface area contributed by atoms with E-state index < -0.39 is 0 Å². The van der Waals surface area contributed by atoms with Gasteiger partial charge < -0.3 is 0 Å². The number of hydrogen-bond donors (Lipinski definition) is 0. The third kappa shape index (κ3) is 2.58. The second-order valence-corrected chi connectivity index (χ2v) is 5.92. The van der Waals surface area contributed by atoms with E-state index in [0.29, 0.717) is 0 Å². The van der Waals surface area contributed by atoms with E-state index in [0.717, 1.165) is 0 Å². The maximum atomic E-state index is 8.27. The molecule has 0 aromatic heterocycles. The van der Waals surface area contributed by atoms with Crippen molar-refractivity contribution in [1.29, 1.82) is 5.26 Å². The molecule has 1 aromatic rings. The van der Waals surface area contributed by atoms with Gasteiger partial charge in [-0.05, 0) is 0 Å². The van der Waals surface area contributed by atoms with Crippen molar-refractivity contribution in [2.24, 2.45) is 0 Å². The predicted octanol–water partition coefficient (Wildman–Crippen LogP) is -0.926. The molecule has 0 aliphatic carbocycles. The van der Waals surface area contributed by atoms with E-state index >= 15 is 0 Å². The van der Waals surface area contributed by atoms with Crippen LogP contribution >= 0.6 is 8.93 Å². The van der Waals surface area contributed by atoms with Gasteiger partial charge in [-0.25, -0.2) is 0 Å². The fourth-order valence-corrected chi connectivity index (χ4v) is 3.11. The van der Waals surface area contributed by atoms with Gasteiger partial charge in [0, 0.05) is 0 Å². The van der Waals surface area contributed by atoms with Crippen LogP contribution < -0.4 is 19.8 Å². The normalized spacial score (nSPS) is 9.10. The van der Waals surface area contributed by atoms with Gasteiger partial charge in [-0.1, -0.05) is 0 Å². The van der Waals surface area contributed by atoms with E-state index in [1.807, 2.05) is 18.2 Å². The summed E-state index contributed by atoms with van der Waals surface area (Å²) < 4.78 is 1.31. The molecule has 3 heteroatoms. The van der Waals surface area contributed by atoms with Crippen LogP contribution in [0.4, 0.5) is 0 Å². The first kappa shape index (κ1) is 7.89. The number of nitriles is 1. The second kappa shape index (κ2) is 4.58.